The number of hydrogen-bond acceptors (Lipinski definition) is 5. The summed E-state index contributed by atoms with van der Waals surface area (Å²) in [5, 5.41) is 9.68. The topological polar surface area (TPSA) is 51.2 Å². The summed E-state index contributed by atoms with van der Waals surface area (Å²) < 4.78 is 17.2. The molecule has 0 fully saturated rings. The molecule has 156 valence electrons. The van der Waals surface area contributed by atoms with Crippen LogP contribution in [0.1, 0.15) is 18.9 Å². The highest BCUT2D eigenvalue weighted by Gasteiger charge is 2.23. The van der Waals surface area contributed by atoms with Crippen LogP contribution in [-0.4, -0.2) is 31.2 Å². The van der Waals surface area contributed by atoms with Crippen molar-refractivity contribution in [3.63, 3.8) is 0 Å². The highest BCUT2D eigenvalue weighted by Crippen LogP contribution is 2.45. The fourth-order valence-corrected chi connectivity index (χ4v) is 3.60. The van der Waals surface area contributed by atoms with E-state index in [4.69, 9.17) is 14.2 Å². The fourth-order valence-electron chi connectivity index (χ4n) is 3.60. The first-order chi connectivity index (χ1) is 14.7. The van der Waals surface area contributed by atoms with Crippen LogP contribution in [0.25, 0.3) is 0 Å². The monoisotopic (exact) mass is 405 g/mol. The molecule has 0 saturated carbocycles. The van der Waals surface area contributed by atoms with E-state index < -0.39 is 6.29 Å². The Bertz CT molecular complexity index is 912. The predicted octanol–water partition coefficient (Wildman–Crippen LogP) is 5.30. The van der Waals surface area contributed by atoms with Crippen LogP contribution in [0.5, 0.6) is 17.2 Å². The third-order valence-electron chi connectivity index (χ3n) is 5.08. The summed E-state index contributed by atoms with van der Waals surface area (Å²) in [5.74, 6) is 2.54. The Kier molecular flexibility index (Phi) is 6.52. The molecule has 4 rings (SSSR count). The van der Waals surface area contributed by atoms with Crippen LogP contribution in [0.4, 0.5) is 11.4 Å². The van der Waals surface area contributed by atoms with E-state index in [9.17, 15) is 5.11 Å². The van der Waals surface area contributed by atoms with Crippen molar-refractivity contribution < 1.29 is 19.3 Å². The Morgan fingerprint density at radius 2 is 1.53 bits per heavy atom. The number of ether oxygens (including phenoxy) is 3. The van der Waals surface area contributed by atoms with Gasteiger partial charge in [-0.25, -0.2) is 0 Å². The molecular weight excluding hydrogens is 378 g/mol. The second kappa shape index (κ2) is 9.65. The Balaban J connectivity index is 1.36. The molecule has 1 N–H and O–H groups in total. The van der Waals surface area contributed by atoms with Gasteiger partial charge in [0.1, 0.15) is 12.4 Å². The first kappa shape index (κ1) is 20.3. The summed E-state index contributed by atoms with van der Waals surface area (Å²) in [6, 6.07) is 24.1. The first-order valence-electron chi connectivity index (χ1n) is 10.4. The molecule has 1 atom stereocenters. The lowest BCUT2D eigenvalue weighted by molar-refractivity contribution is -0.0980. The smallest absolute Gasteiger partial charge is 0.154 e. The number of aliphatic hydroxyl groups is 1. The molecule has 1 heterocycles. The molecular formula is C25H27NO4. The zero-order valence-corrected chi connectivity index (χ0v) is 17.2. The number of para-hydroxylation sites is 4. The minimum atomic E-state index is -0.704. The Hall–Kier alpha value is -3.02. The van der Waals surface area contributed by atoms with Gasteiger partial charge in [0.25, 0.3) is 0 Å². The van der Waals surface area contributed by atoms with Crippen LogP contribution in [0.2, 0.25) is 0 Å². The highest BCUT2D eigenvalue weighted by molar-refractivity contribution is 5.77. The lowest BCUT2D eigenvalue weighted by Crippen LogP contribution is -2.26. The van der Waals surface area contributed by atoms with E-state index in [0.717, 1.165) is 40.6 Å². The van der Waals surface area contributed by atoms with Gasteiger partial charge in [0.2, 0.25) is 0 Å². The van der Waals surface area contributed by atoms with Crippen molar-refractivity contribution in [3.8, 4) is 17.2 Å². The van der Waals surface area contributed by atoms with Crippen molar-refractivity contribution in [1.29, 1.82) is 0 Å². The van der Waals surface area contributed by atoms with E-state index in [-0.39, 0.29) is 0 Å². The van der Waals surface area contributed by atoms with Crippen LogP contribution in [-0.2, 0) is 11.2 Å². The number of anilines is 2. The lowest BCUT2D eigenvalue weighted by atomic mass is 10.1. The molecule has 30 heavy (non-hydrogen) atoms. The number of rotatable bonds is 9. The molecule has 0 saturated heterocycles. The van der Waals surface area contributed by atoms with Gasteiger partial charge in [-0.15, -0.1) is 0 Å². The Morgan fingerprint density at radius 1 is 0.900 bits per heavy atom. The number of aryl methyl sites for hydroxylation is 1. The average Bonchev–Trinajstić information content (AvgIpc) is 2.78. The fraction of sp³-hybridized carbons (Fsp3) is 0.280. The SMILES string of the molecule is CCOC(O)CCc1ccc(OCCN2c3ccccc3Oc3ccccc32)cc1. The molecule has 1 aliphatic heterocycles. The van der Waals surface area contributed by atoms with Gasteiger partial charge >= 0.3 is 0 Å². The molecule has 3 aromatic carbocycles. The van der Waals surface area contributed by atoms with Gasteiger partial charge < -0.3 is 24.2 Å². The third kappa shape index (κ3) is 4.75. The summed E-state index contributed by atoms with van der Waals surface area (Å²) in [5.41, 5.74) is 3.24. The van der Waals surface area contributed by atoms with Crippen molar-refractivity contribution in [2.24, 2.45) is 0 Å². The van der Waals surface area contributed by atoms with E-state index in [1.54, 1.807) is 0 Å². The van der Waals surface area contributed by atoms with Crippen molar-refractivity contribution in [3.05, 3.63) is 78.4 Å². The summed E-state index contributed by atoms with van der Waals surface area (Å²) in [4.78, 5) is 2.23. The molecule has 0 aromatic heterocycles. The van der Waals surface area contributed by atoms with Crippen molar-refractivity contribution >= 4 is 11.4 Å². The second-order valence-electron chi connectivity index (χ2n) is 7.13. The molecule has 1 aliphatic rings. The van der Waals surface area contributed by atoms with Crippen LogP contribution in [0.15, 0.2) is 72.8 Å². The number of aliphatic hydroxyl groups excluding tert-OH is 1. The number of hydrogen-bond donors (Lipinski definition) is 1. The van der Waals surface area contributed by atoms with Crippen molar-refractivity contribution in [2.45, 2.75) is 26.1 Å². The molecule has 5 nitrogen and oxygen atoms in total. The molecule has 5 heteroatoms. The van der Waals surface area contributed by atoms with Crippen LogP contribution >= 0.6 is 0 Å². The quantitative estimate of drug-likeness (QED) is 0.490. The summed E-state index contributed by atoms with van der Waals surface area (Å²) >= 11 is 0. The standard InChI is InChI=1S/C25H27NO4/c1-2-28-25(27)16-13-19-11-14-20(15-12-19)29-18-17-26-21-7-3-5-9-23(21)30-24-10-6-4-8-22(24)26/h3-12,14-15,25,27H,2,13,16-18H2,1H3. The minimum absolute atomic E-state index is 0.520. The van der Waals surface area contributed by atoms with Gasteiger partial charge in [-0.1, -0.05) is 36.4 Å². The largest absolute Gasteiger partial charge is 0.492 e. The van der Waals surface area contributed by atoms with Crippen LogP contribution in [0, 0.1) is 0 Å². The molecule has 0 bridgehead atoms. The predicted molar refractivity (Wildman–Crippen MR) is 118 cm³/mol. The lowest BCUT2D eigenvalue weighted by Gasteiger charge is -2.32. The maximum atomic E-state index is 9.68. The van der Waals surface area contributed by atoms with Gasteiger partial charge in [-0.05, 0) is 55.3 Å². The van der Waals surface area contributed by atoms with E-state index in [1.165, 1.54) is 0 Å². The van der Waals surface area contributed by atoms with Crippen LogP contribution < -0.4 is 14.4 Å². The molecule has 1 unspecified atom stereocenters. The Labute approximate surface area is 177 Å². The zero-order valence-electron chi connectivity index (χ0n) is 17.2. The van der Waals surface area contributed by atoms with E-state index in [1.807, 2.05) is 67.6 Å². The van der Waals surface area contributed by atoms with Gasteiger partial charge in [0, 0.05) is 13.0 Å². The zero-order chi connectivity index (χ0) is 20.8. The van der Waals surface area contributed by atoms with E-state index >= 15 is 0 Å². The third-order valence-corrected chi connectivity index (χ3v) is 5.08. The van der Waals surface area contributed by atoms with Crippen LogP contribution in [0.3, 0.4) is 0 Å². The molecule has 0 aliphatic carbocycles. The second-order valence-corrected chi connectivity index (χ2v) is 7.13. The van der Waals surface area contributed by atoms with Gasteiger partial charge in [0.05, 0.1) is 17.9 Å². The molecule has 3 aromatic rings. The first-order valence-corrected chi connectivity index (χ1v) is 10.4. The highest BCUT2D eigenvalue weighted by atomic mass is 16.6. The normalized spacial score (nSPS) is 13.2. The van der Waals surface area contributed by atoms with Gasteiger partial charge in [-0.2, -0.15) is 0 Å². The van der Waals surface area contributed by atoms with Gasteiger partial charge in [-0.3, -0.25) is 0 Å². The van der Waals surface area contributed by atoms with Crippen molar-refractivity contribution in [2.75, 3.05) is 24.7 Å². The van der Waals surface area contributed by atoms with Gasteiger partial charge in [0.15, 0.2) is 17.8 Å². The number of fused-ring (bicyclic) bond motifs is 2. The Morgan fingerprint density at radius 3 is 2.17 bits per heavy atom. The molecule has 0 spiro atoms. The molecule has 0 radical (unpaired) electrons. The number of benzene rings is 3. The average molecular weight is 405 g/mol. The summed E-state index contributed by atoms with van der Waals surface area (Å²) in [7, 11) is 0. The minimum Gasteiger partial charge on any atom is -0.492 e. The summed E-state index contributed by atoms with van der Waals surface area (Å²) in [6.45, 7) is 3.65. The van der Waals surface area contributed by atoms with E-state index in [2.05, 4.69) is 17.0 Å². The van der Waals surface area contributed by atoms with Crippen molar-refractivity contribution in [1.82, 2.24) is 0 Å². The maximum Gasteiger partial charge on any atom is 0.154 e. The molecule has 0 amide bonds. The number of nitrogens with zero attached hydrogens (tertiary/aromatic N) is 1. The summed E-state index contributed by atoms with van der Waals surface area (Å²) in [6.07, 6.45) is 0.650. The maximum absolute atomic E-state index is 9.68. The van der Waals surface area contributed by atoms with E-state index in [0.29, 0.717) is 26.2 Å².